The Morgan fingerprint density at radius 3 is 2.90 bits per heavy atom. The number of fused-ring (bicyclic) bond motifs is 1. The summed E-state index contributed by atoms with van der Waals surface area (Å²) in [6.07, 6.45) is 3.58. The fraction of sp³-hybridized carbons (Fsp3) is 0.533. The molecular weight excluding hydrogens is 288 g/mol. The minimum absolute atomic E-state index is 0.140. The number of aromatic nitrogens is 1. The molecule has 114 valence electrons. The lowest BCUT2D eigenvalue weighted by molar-refractivity contribution is 0.381. The maximum Gasteiger partial charge on any atom is 0.210 e. The number of nitrogens with zero attached hydrogens (tertiary/aromatic N) is 1. The highest BCUT2D eigenvalue weighted by Gasteiger charge is 2.31. The molecule has 2 atom stereocenters. The largest absolute Gasteiger partial charge is 0.439 e. The smallest absolute Gasteiger partial charge is 0.210 e. The van der Waals surface area contributed by atoms with Gasteiger partial charge in [-0.15, -0.1) is 0 Å². The van der Waals surface area contributed by atoms with E-state index in [0.29, 0.717) is 22.7 Å². The van der Waals surface area contributed by atoms with Crippen molar-refractivity contribution in [3.8, 4) is 0 Å². The van der Waals surface area contributed by atoms with Crippen LogP contribution in [0.5, 0.6) is 0 Å². The fourth-order valence-electron chi connectivity index (χ4n) is 3.07. The summed E-state index contributed by atoms with van der Waals surface area (Å²) in [6.45, 7) is 2.11. The van der Waals surface area contributed by atoms with Gasteiger partial charge in [0.25, 0.3) is 0 Å². The molecule has 1 aliphatic carbocycles. The van der Waals surface area contributed by atoms with Gasteiger partial charge in [-0.1, -0.05) is 25.8 Å². The minimum atomic E-state index is -3.23. The van der Waals surface area contributed by atoms with Crippen molar-refractivity contribution in [2.24, 2.45) is 5.92 Å². The van der Waals surface area contributed by atoms with E-state index < -0.39 is 9.84 Å². The molecule has 0 aliphatic heterocycles. The molecule has 6 heteroatoms. The van der Waals surface area contributed by atoms with Crippen molar-refractivity contribution in [2.75, 3.05) is 5.73 Å². The van der Waals surface area contributed by atoms with E-state index in [2.05, 4.69) is 11.9 Å². The average Bonchev–Trinajstić information content (AvgIpc) is 2.82. The fourth-order valence-corrected chi connectivity index (χ4v) is 4.92. The number of hydrogen-bond donors (Lipinski definition) is 1. The second-order valence-corrected chi connectivity index (χ2v) is 8.28. The molecule has 0 amide bonds. The predicted octanol–water partition coefficient (Wildman–Crippen LogP) is 2.90. The van der Waals surface area contributed by atoms with Crippen molar-refractivity contribution < 1.29 is 12.8 Å². The van der Waals surface area contributed by atoms with Gasteiger partial charge < -0.3 is 10.2 Å². The van der Waals surface area contributed by atoms with Crippen LogP contribution in [-0.2, 0) is 15.6 Å². The van der Waals surface area contributed by atoms with Gasteiger partial charge in [-0.25, -0.2) is 13.4 Å². The summed E-state index contributed by atoms with van der Waals surface area (Å²) in [4.78, 5) is 4.24. The molecular formula is C15H20N2O3S. The second-order valence-electron chi connectivity index (χ2n) is 6.00. The molecule has 1 aromatic heterocycles. The zero-order valence-electron chi connectivity index (χ0n) is 12.1. The maximum atomic E-state index is 12.5. The van der Waals surface area contributed by atoms with Crippen LogP contribution in [0.4, 0.5) is 5.69 Å². The van der Waals surface area contributed by atoms with Gasteiger partial charge in [0, 0.05) is 0 Å². The Bertz CT molecular complexity index is 751. The third-order valence-corrected chi connectivity index (χ3v) is 6.31. The third kappa shape index (κ3) is 2.90. The summed E-state index contributed by atoms with van der Waals surface area (Å²) in [5.74, 6) is 0.567. The van der Waals surface area contributed by atoms with Crippen molar-refractivity contribution in [1.82, 2.24) is 4.98 Å². The van der Waals surface area contributed by atoms with E-state index in [1.165, 1.54) is 0 Å². The summed E-state index contributed by atoms with van der Waals surface area (Å²) in [7, 11) is -3.23. The lowest BCUT2D eigenvalue weighted by Gasteiger charge is -2.25. The summed E-state index contributed by atoms with van der Waals surface area (Å²) >= 11 is 0. The third-order valence-electron chi connectivity index (χ3n) is 4.22. The van der Waals surface area contributed by atoms with Gasteiger partial charge in [0.15, 0.2) is 15.4 Å². The van der Waals surface area contributed by atoms with E-state index >= 15 is 0 Å². The Hall–Kier alpha value is -1.56. The Morgan fingerprint density at radius 2 is 2.19 bits per heavy atom. The number of sulfone groups is 1. The number of benzene rings is 1. The highest BCUT2D eigenvalue weighted by atomic mass is 32.2. The molecule has 2 N–H and O–H groups in total. The zero-order valence-corrected chi connectivity index (χ0v) is 12.9. The van der Waals surface area contributed by atoms with Gasteiger partial charge in [0.1, 0.15) is 11.3 Å². The second kappa shape index (κ2) is 5.33. The molecule has 2 unspecified atom stereocenters. The molecule has 1 aliphatic rings. The monoisotopic (exact) mass is 308 g/mol. The van der Waals surface area contributed by atoms with Crippen LogP contribution in [-0.4, -0.2) is 18.7 Å². The summed E-state index contributed by atoms with van der Waals surface area (Å²) in [5.41, 5.74) is 7.41. The molecule has 1 heterocycles. The summed E-state index contributed by atoms with van der Waals surface area (Å²) in [5, 5.41) is -0.270. The van der Waals surface area contributed by atoms with Crippen LogP contribution in [0.15, 0.2) is 22.6 Å². The zero-order chi connectivity index (χ0) is 15.0. The lowest BCUT2D eigenvalue weighted by atomic mass is 9.91. The summed E-state index contributed by atoms with van der Waals surface area (Å²) < 4.78 is 30.6. The summed E-state index contributed by atoms with van der Waals surface area (Å²) in [6, 6.07) is 5.24. The number of nitrogens with two attached hydrogens (primary N) is 1. The molecule has 0 radical (unpaired) electrons. The normalized spacial score (nSPS) is 23.5. The van der Waals surface area contributed by atoms with Gasteiger partial charge in [0.05, 0.1) is 10.9 Å². The van der Waals surface area contributed by atoms with E-state index in [9.17, 15) is 8.42 Å². The predicted molar refractivity (Wildman–Crippen MR) is 82.5 cm³/mol. The minimum Gasteiger partial charge on any atom is -0.439 e. The van der Waals surface area contributed by atoms with Crippen LogP contribution in [0.3, 0.4) is 0 Å². The molecule has 5 nitrogen and oxygen atoms in total. The topological polar surface area (TPSA) is 86.2 Å². The molecule has 3 rings (SSSR count). The molecule has 1 aromatic carbocycles. The number of para-hydroxylation sites is 1. The van der Waals surface area contributed by atoms with Gasteiger partial charge in [-0.05, 0) is 30.9 Å². The van der Waals surface area contributed by atoms with E-state index in [-0.39, 0.29) is 16.9 Å². The average molecular weight is 308 g/mol. The SMILES string of the molecule is CC1CCCC(S(=O)(=O)Cc2nc3c(N)cccc3o2)C1. The van der Waals surface area contributed by atoms with Gasteiger partial charge in [-0.3, -0.25) is 0 Å². The molecule has 0 bridgehead atoms. The van der Waals surface area contributed by atoms with Crippen LogP contribution in [0, 0.1) is 5.92 Å². The van der Waals surface area contributed by atoms with Crippen LogP contribution in [0.2, 0.25) is 0 Å². The van der Waals surface area contributed by atoms with Crippen LogP contribution < -0.4 is 5.73 Å². The van der Waals surface area contributed by atoms with Gasteiger partial charge in [0.2, 0.25) is 5.89 Å². The lowest BCUT2D eigenvalue weighted by Crippen LogP contribution is -2.28. The van der Waals surface area contributed by atoms with Crippen molar-refractivity contribution in [2.45, 2.75) is 43.6 Å². The standard InChI is InChI=1S/C15H20N2O3S/c1-10-4-2-5-11(8-10)21(18,19)9-14-17-15-12(16)6-3-7-13(15)20-14/h3,6-7,10-11H,2,4-5,8-9,16H2,1H3. The van der Waals surface area contributed by atoms with Crippen molar-refractivity contribution in [3.05, 3.63) is 24.1 Å². The molecule has 1 fully saturated rings. The number of anilines is 1. The number of rotatable bonds is 3. The van der Waals surface area contributed by atoms with Crippen LogP contribution in [0.25, 0.3) is 11.1 Å². The highest BCUT2D eigenvalue weighted by molar-refractivity contribution is 7.91. The van der Waals surface area contributed by atoms with E-state index in [0.717, 1.165) is 25.7 Å². The number of nitrogen functional groups attached to an aromatic ring is 1. The van der Waals surface area contributed by atoms with Crippen molar-refractivity contribution in [3.63, 3.8) is 0 Å². The van der Waals surface area contributed by atoms with Crippen molar-refractivity contribution >= 4 is 26.6 Å². The molecule has 1 saturated carbocycles. The highest BCUT2D eigenvalue weighted by Crippen LogP contribution is 2.30. The van der Waals surface area contributed by atoms with Gasteiger partial charge in [-0.2, -0.15) is 0 Å². The molecule has 0 spiro atoms. The number of oxazole rings is 1. The van der Waals surface area contributed by atoms with E-state index in [4.69, 9.17) is 10.2 Å². The molecule has 0 saturated heterocycles. The Morgan fingerprint density at radius 1 is 1.38 bits per heavy atom. The molecule has 21 heavy (non-hydrogen) atoms. The first kappa shape index (κ1) is 14.4. The first-order valence-corrected chi connectivity index (χ1v) is 9.03. The van der Waals surface area contributed by atoms with Crippen LogP contribution in [0.1, 0.15) is 38.5 Å². The Kier molecular flexibility index (Phi) is 3.65. The van der Waals surface area contributed by atoms with Crippen LogP contribution >= 0.6 is 0 Å². The number of hydrogen-bond acceptors (Lipinski definition) is 5. The van der Waals surface area contributed by atoms with Crippen molar-refractivity contribution in [1.29, 1.82) is 0 Å². The maximum absolute atomic E-state index is 12.5. The van der Waals surface area contributed by atoms with E-state index in [1.807, 2.05) is 0 Å². The Balaban J connectivity index is 1.85. The van der Waals surface area contributed by atoms with Gasteiger partial charge >= 0.3 is 0 Å². The first-order chi connectivity index (χ1) is 9.95. The first-order valence-electron chi connectivity index (χ1n) is 7.31. The van der Waals surface area contributed by atoms with E-state index in [1.54, 1.807) is 18.2 Å². The Labute approximate surface area is 124 Å². The molecule has 2 aromatic rings. The quantitative estimate of drug-likeness (QED) is 0.881.